The molecule has 33 heavy (non-hydrogen) atoms. The maximum Gasteiger partial charge on any atom is -0.00160 e. The van der Waals surface area contributed by atoms with E-state index in [1.54, 1.807) is 0 Å². The summed E-state index contributed by atoms with van der Waals surface area (Å²) in [4.78, 5) is 0. The van der Waals surface area contributed by atoms with E-state index < -0.39 is 0 Å². The molecule has 0 nitrogen and oxygen atoms in total. The van der Waals surface area contributed by atoms with Gasteiger partial charge in [0.05, 0.1) is 0 Å². The minimum atomic E-state index is 1.14. The van der Waals surface area contributed by atoms with Crippen LogP contribution in [0.2, 0.25) is 0 Å². The van der Waals surface area contributed by atoms with Gasteiger partial charge in [0.2, 0.25) is 0 Å². The van der Waals surface area contributed by atoms with Gasteiger partial charge in [0.1, 0.15) is 0 Å². The lowest BCUT2D eigenvalue weighted by Gasteiger charge is -2.05. The molecule has 6 bridgehead atoms. The van der Waals surface area contributed by atoms with Crippen molar-refractivity contribution in [1.82, 2.24) is 0 Å². The van der Waals surface area contributed by atoms with Crippen LogP contribution in [0.5, 0.6) is 0 Å². The molecule has 0 amide bonds. The van der Waals surface area contributed by atoms with Gasteiger partial charge < -0.3 is 0 Å². The fraction of sp³-hybridized carbons (Fsp3) is 0.182. The van der Waals surface area contributed by atoms with Crippen molar-refractivity contribution >= 4 is 33.4 Å². The van der Waals surface area contributed by atoms with E-state index in [-0.39, 0.29) is 0 Å². The Labute approximate surface area is 198 Å². The summed E-state index contributed by atoms with van der Waals surface area (Å²) < 4.78 is 0. The second-order valence-corrected chi connectivity index (χ2v) is 8.86. The van der Waals surface area contributed by atoms with Crippen LogP contribution in [-0.2, 0) is 0 Å². The Kier molecular flexibility index (Phi) is 6.37. The smallest absolute Gasteiger partial charge is 0.00160 e. The molecule has 3 aromatic rings. The van der Waals surface area contributed by atoms with Crippen LogP contribution < -0.4 is 0 Å². The number of hydrogen-bond acceptors (Lipinski definition) is 0. The first-order chi connectivity index (χ1) is 15.8. The molecule has 0 radical (unpaired) electrons. The molecule has 162 valence electrons. The molecule has 0 heterocycles. The largest absolute Gasteiger partial charge is 0.113 e. The number of rotatable bonds is 0. The predicted octanol–water partition coefficient (Wildman–Crippen LogP) is 9.32. The molecule has 4 aliphatic carbocycles. The van der Waals surface area contributed by atoms with Gasteiger partial charge in [-0.15, -0.1) is 17.2 Å². The molecule has 0 fully saturated rings. The van der Waals surface area contributed by atoms with Crippen molar-refractivity contribution in [3.05, 3.63) is 123 Å². The summed E-state index contributed by atoms with van der Waals surface area (Å²) in [7, 11) is 0. The quantitative estimate of drug-likeness (QED) is 0.314. The van der Waals surface area contributed by atoms with Crippen LogP contribution in [0.25, 0.3) is 33.4 Å². The SMILES string of the molecule is CC1=C=C(C)c2ccc(cc2)C(C)=C=C(C)c2ccc(cc2)C(C)=C=C(C)c2ccc1cc2. The molecular weight excluding hydrogens is 396 g/mol. The lowest BCUT2D eigenvalue weighted by Crippen LogP contribution is -1.84. The third kappa shape index (κ3) is 5.01. The molecular formula is C33H30. The molecule has 0 spiro atoms. The molecule has 3 aromatic carbocycles. The van der Waals surface area contributed by atoms with E-state index in [0.29, 0.717) is 0 Å². The molecule has 0 aliphatic heterocycles. The van der Waals surface area contributed by atoms with Gasteiger partial charge in [-0.3, -0.25) is 0 Å². The summed E-state index contributed by atoms with van der Waals surface area (Å²) in [6.45, 7) is 12.7. The van der Waals surface area contributed by atoms with Gasteiger partial charge in [0, 0.05) is 0 Å². The van der Waals surface area contributed by atoms with Gasteiger partial charge in [0.15, 0.2) is 0 Å². The Morgan fingerprint density at radius 2 is 0.394 bits per heavy atom. The Balaban J connectivity index is 1.95. The molecule has 0 heteroatoms. The maximum absolute atomic E-state index is 3.58. The van der Waals surface area contributed by atoms with Crippen LogP contribution in [0, 0.1) is 0 Å². The highest BCUT2D eigenvalue weighted by atomic mass is 14.1. The predicted molar refractivity (Wildman–Crippen MR) is 144 cm³/mol. The zero-order valence-electron chi connectivity index (χ0n) is 20.4. The molecule has 0 saturated carbocycles. The van der Waals surface area contributed by atoms with E-state index in [1.165, 1.54) is 33.4 Å². The van der Waals surface area contributed by atoms with E-state index in [0.717, 1.165) is 33.4 Å². The minimum absolute atomic E-state index is 1.14. The van der Waals surface area contributed by atoms with E-state index in [1.807, 2.05) is 0 Å². The standard InChI is InChI=1S/C33H30/c1-22-19-23(2)29-11-13-31(14-12-29)26(5)21-27(6)33-17-15-32(16-18-33)25(4)20-24(3)30-9-7-28(22)8-10-30/h7-18H,1-6H3. The molecule has 0 saturated heterocycles. The normalized spacial score (nSPS) is 14.0. The lowest BCUT2D eigenvalue weighted by molar-refractivity contribution is 1.50. The van der Waals surface area contributed by atoms with Gasteiger partial charge >= 0.3 is 0 Å². The van der Waals surface area contributed by atoms with Crippen molar-refractivity contribution in [2.24, 2.45) is 0 Å². The second-order valence-electron chi connectivity index (χ2n) is 8.86. The molecule has 0 aromatic heterocycles. The lowest BCUT2D eigenvalue weighted by atomic mass is 9.99. The molecule has 4 aliphatic rings. The fourth-order valence-electron chi connectivity index (χ4n) is 4.19. The topological polar surface area (TPSA) is 0 Å². The van der Waals surface area contributed by atoms with E-state index in [4.69, 9.17) is 0 Å². The average molecular weight is 427 g/mol. The van der Waals surface area contributed by atoms with Crippen LogP contribution >= 0.6 is 0 Å². The van der Waals surface area contributed by atoms with Crippen molar-refractivity contribution in [3.63, 3.8) is 0 Å². The highest BCUT2D eigenvalue weighted by Gasteiger charge is 2.04. The second kappa shape index (κ2) is 9.38. The minimum Gasteiger partial charge on any atom is -0.113 e. The van der Waals surface area contributed by atoms with Crippen molar-refractivity contribution < 1.29 is 0 Å². The zero-order chi connectivity index (χ0) is 23.5. The third-order valence-electron chi connectivity index (χ3n) is 6.38. The number of fused-ring (bicyclic) bond motifs is 3. The number of benzene rings is 3. The van der Waals surface area contributed by atoms with Crippen LogP contribution in [0.1, 0.15) is 74.9 Å². The van der Waals surface area contributed by atoms with Crippen molar-refractivity contribution in [2.75, 3.05) is 0 Å². The molecule has 7 rings (SSSR count). The monoisotopic (exact) mass is 426 g/mol. The summed E-state index contributed by atoms with van der Waals surface area (Å²) in [6, 6.07) is 26.1. The Morgan fingerprint density at radius 3 is 0.515 bits per heavy atom. The number of hydrogen-bond donors (Lipinski definition) is 0. The highest BCUT2D eigenvalue weighted by Crippen LogP contribution is 2.25. The van der Waals surface area contributed by atoms with Crippen LogP contribution in [0.4, 0.5) is 0 Å². The van der Waals surface area contributed by atoms with E-state index >= 15 is 0 Å². The first-order valence-electron chi connectivity index (χ1n) is 11.5. The van der Waals surface area contributed by atoms with Crippen LogP contribution in [0.3, 0.4) is 0 Å². The van der Waals surface area contributed by atoms with Gasteiger partial charge in [-0.1, -0.05) is 72.8 Å². The highest BCUT2D eigenvalue weighted by molar-refractivity contribution is 5.79. The first kappa shape index (κ1) is 22.4. The summed E-state index contributed by atoms with van der Waals surface area (Å²) >= 11 is 0. The summed E-state index contributed by atoms with van der Waals surface area (Å²) in [6.07, 6.45) is 0. The van der Waals surface area contributed by atoms with Crippen molar-refractivity contribution in [3.8, 4) is 0 Å². The van der Waals surface area contributed by atoms with Gasteiger partial charge in [-0.05, 0) is 108 Å². The van der Waals surface area contributed by atoms with E-state index in [9.17, 15) is 0 Å². The summed E-state index contributed by atoms with van der Waals surface area (Å²) in [5.74, 6) is 0. The van der Waals surface area contributed by atoms with Gasteiger partial charge in [-0.25, -0.2) is 0 Å². The Morgan fingerprint density at radius 1 is 0.273 bits per heavy atom. The van der Waals surface area contributed by atoms with Crippen LogP contribution in [-0.4, -0.2) is 0 Å². The molecule has 0 N–H and O–H groups in total. The van der Waals surface area contributed by atoms with Gasteiger partial charge in [0.25, 0.3) is 0 Å². The average Bonchev–Trinajstić information content (AvgIpc) is 2.83. The maximum atomic E-state index is 3.58. The third-order valence-corrected chi connectivity index (χ3v) is 6.38. The Bertz CT molecular complexity index is 1120. The fourth-order valence-corrected chi connectivity index (χ4v) is 4.19. The first-order valence-corrected chi connectivity index (χ1v) is 11.5. The Hall–Kier alpha value is -3.78. The molecule has 0 unspecified atom stereocenters. The van der Waals surface area contributed by atoms with Crippen molar-refractivity contribution in [1.29, 1.82) is 0 Å². The van der Waals surface area contributed by atoms with Crippen molar-refractivity contribution in [2.45, 2.75) is 41.5 Å². The number of allylic oxidation sites excluding steroid dienone is 3. The van der Waals surface area contributed by atoms with E-state index in [2.05, 4.69) is 132 Å². The zero-order valence-corrected chi connectivity index (χ0v) is 20.4. The molecule has 0 atom stereocenters. The van der Waals surface area contributed by atoms with Crippen LogP contribution in [0.15, 0.2) is 90.0 Å². The summed E-state index contributed by atoms with van der Waals surface area (Å²) in [5, 5.41) is 0. The van der Waals surface area contributed by atoms with Gasteiger partial charge in [-0.2, -0.15) is 0 Å². The summed E-state index contributed by atoms with van der Waals surface area (Å²) in [5.41, 5.74) is 24.7.